The summed E-state index contributed by atoms with van der Waals surface area (Å²) >= 11 is 1.06. The third kappa shape index (κ3) is 10.6. The summed E-state index contributed by atoms with van der Waals surface area (Å²) in [6, 6.07) is 3.80. The van der Waals surface area contributed by atoms with Crippen molar-refractivity contribution >= 4 is 29.3 Å². The van der Waals surface area contributed by atoms with Crippen LogP contribution < -0.4 is 10.6 Å². The van der Waals surface area contributed by atoms with Gasteiger partial charge in [-0.15, -0.1) is 12.8 Å². The number of anilines is 2. The van der Waals surface area contributed by atoms with Crippen molar-refractivity contribution in [1.29, 1.82) is 0 Å². The zero-order valence-corrected chi connectivity index (χ0v) is 25.8. The summed E-state index contributed by atoms with van der Waals surface area (Å²) in [4.78, 5) is 14.3. The number of nitrogens with zero attached hydrogens (tertiary/aromatic N) is 3. The van der Waals surface area contributed by atoms with Gasteiger partial charge in [0.2, 0.25) is 0 Å². The molecular weight excluding hydrogens is 498 g/mol. The minimum absolute atomic E-state index is 0.0412. The number of amides is 1. The van der Waals surface area contributed by atoms with E-state index < -0.39 is 0 Å². The van der Waals surface area contributed by atoms with Crippen LogP contribution in [0.2, 0.25) is 0 Å². The lowest BCUT2D eigenvalue weighted by molar-refractivity contribution is -0.126. The van der Waals surface area contributed by atoms with E-state index in [-0.39, 0.29) is 23.0 Å². The molecule has 212 valence electrons. The number of hydrogen-bond donors (Lipinski definition) is 3. The van der Waals surface area contributed by atoms with Crippen LogP contribution in [0.25, 0.3) is 0 Å². The van der Waals surface area contributed by atoms with Crippen LogP contribution >= 0.6 is 11.7 Å². The summed E-state index contributed by atoms with van der Waals surface area (Å²) in [6.45, 7) is 19.1. The van der Waals surface area contributed by atoms with Gasteiger partial charge in [-0.3, -0.25) is 4.79 Å². The Kier molecular flexibility index (Phi) is 15.1. The zero-order chi connectivity index (χ0) is 29.6. The van der Waals surface area contributed by atoms with Crippen molar-refractivity contribution in [2.24, 2.45) is 17.3 Å². The quantitative estimate of drug-likeness (QED) is 0.328. The van der Waals surface area contributed by atoms with Gasteiger partial charge in [0.15, 0.2) is 11.6 Å². The van der Waals surface area contributed by atoms with Gasteiger partial charge in [0, 0.05) is 20.0 Å². The average molecular weight is 546 g/mol. The summed E-state index contributed by atoms with van der Waals surface area (Å²) in [5.41, 5.74) is 0.708. The maximum absolute atomic E-state index is 12.8. The van der Waals surface area contributed by atoms with Crippen LogP contribution in [0.15, 0.2) is 39.7 Å². The Morgan fingerprint density at radius 1 is 1.18 bits per heavy atom. The fraction of sp³-hybridized carbons (Fsp3) is 0.552. The fourth-order valence-electron chi connectivity index (χ4n) is 3.41. The highest BCUT2D eigenvalue weighted by atomic mass is 32.1. The number of aliphatic hydroxyl groups excluding tert-OH is 1. The number of nitrogens with one attached hydrogen (secondary N) is 2. The van der Waals surface area contributed by atoms with E-state index in [0.717, 1.165) is 29.2 Å². The Morgan fingerprint density at radius 2 is 1.74 bits per heavy atom. The van der Waals surface area contributed by atoms with Crippen LogP contribution in [0.5, 0.6) is 0 Å². The molecule has 2 aromatic heterocycles. The summed E-state index contributed by atoms with van der Waals surface area (Å²) in [7, 11) is 3.38. The van der Waals surface area contributed by atoms with Gasteiger partial charge in [-0.25, -0.2) is 0 Å². The average Bonchev–Trinajstić information content (AvgIpc) is 3.48. The molecule has 8 nitrogen and oxygen atoms in total. The molecule has 0 bridgehead atoms. The van der Waals surface area contributed by atoms with Gasteiger partial charge in [0.05, 0.1) is 29.5 Å². The number of hydrogen-bond acceptors (Lipinski definition) is 8. The number of carbonyl (C=O) groups is 1. The normalized spacial score (nSPS) is 14.6. The van der Waals surface area contributed by atoms with E-state index in [4.69, 9.17) is 4.42 Å². The minimum atomic E-state index is -0.192. The first kappa shape index (κ1) is 34.8. The predicted molar refractivity (Wildman–Crippen MR) is 160 cm³/mol. The number of allylic oxidation sites excluding steroid dienone is 1. The molecule has 0 saturated heterocycles. The van der Waals surface area contributed by atoms with Crippen molar-refractivity contribution < 1.29 is 14.3 Å². The summed E-state index contributed by atoms with van der Waals surface area (Å²) in [5, 5.41) is 17.3. The Hall–Kier alpha value is -3.25. The molecule has 0 spiro atoms. The van der Waals surface area contributed by atoms with Gasteiger partial charge >= 0.3 is 0 Å². The second kappa shape index (κ2) is 16.6. The lowest BCUT2D eigenvalue weighted by Gasteiger charge is -2.35. The third-order valence-electron chi connectivity index (χ3n) is 5.07. The maximum Gasteiger partial charge on any atom is 0.253 e. The molecule has 38 heavy (non-hydrogen) atoms. The SMILES string of the molecule is C#C.CC.CC(C)C.Cc1ccc(CNc2nsnc2NC2=CCC(C(C)(C)C)C(C(=O)N(C)C)=C2O)o1. The number of furan rings is 1. The van der Waals surface area contributed by atoms with E-state index in [0.29, 0.717) is 35.9 Å². The molecule has 0 aliphatic heterocycles. The van der Waals surface area contributed by atoms with Crippen molar-refractivity contribution in [3.8, 4) is 12.8 Å². The van der Waals surface area contributed by atoms with Crippen LogP contribution in [-0.4, -0.2) is 38.8 Å². The number of rotatable bonds is 6. The van der Waals surface area contributed by atoms with E-state index in [9.17, 15) is 9.90 Å². The number of carbonyl (C=O) groups excluding carboxylic acids is 1. The lowest BCUT2D eigenvalue weighted by atomic mass is 9.71. The number of aliphatic hydroxyl groups is 1. The molecule has 2 aromatic rings. The van der Waals surface area contributed by atoms with E-state index in [1.807, 2.05) is 39.0 Å². The minimum Gasteiger partial charge on any atom is -0.505 e. The van der Waals surface area contributed by atoms with E-state index in [2.05, 4.69) is 73.8 Å². The summed E-state index contributed by atoms with van der Waals surface area (Å²) < 4.78 is 14.1. The first-order chi connectivity index (χ1) is 17.8. The van der Waals surface area contributed by atoms with Crippen LogP contribution in [0.4, 0.5) is 11.6 Å². The molecule has 0 radical (unpaired) electrons. The largest absolute Gasteiger partial charge is 0.505 e. The Labute approximate surface area is 233 Å². The van der Waals surface area contributed by atoms with Crippen molar-refractivity contribution in [2.45, 2.75) is 75.3 Å². The van der Waals surface area contributed by atoms with Gasteiger partial charge in [-0.05, 0) is 36.8 Å². The number of aryl methyl sites for hydroxylation is 1. The van der Waals surface area contributed by atoms with Gasteiger partial charge in [-0.1, -0.05) is 61.5 Å². The number of terminal acetylenes is 1. The van der Waals surface area contributed by atoms with Gasteiger partial charge in [0.25, 0.3) is 5.91 Å². The molecule has 1 aliphatic carbocycles. The molecule has 3 rings (SSSR count). The molecule has 1 aliphatic rings. The van der Waals surface area contributed by atoms with E-state index in [1.165, 1.54) is 4.90 Å². The van der Waals surface area contributed by atoms with Crippen LogP contribution in [0, 0.1) is 37.0 Å². The lowest BCUT2D eigenvalue weighted by Crippen LogP contribution is -2.35. The van der Waals surface area contributed by atoms with Crippen LogP contribution in [0.1, 0.15) is 73.3 Å². The molecule has 3 N–H and O–H groups in total. The maximum atomic E-state index is 12.8. The summed E-state index contributed by atoms with van der Waals surface area (Å²) in [6.07, 6.45) is 10.5. The summed E-state index contributed by atoms with van der Waals surface area (Å²) in [5.74, 6) is 3.19. The van der Waals surface area contributed by atoms with E-state index >= 15 is 0 Å². The standard InChI is InChI=1S/C21H29N5O3S.C4H10.C2H6.C2H2/c1-12-7-8-13(29-12)11-22-18-19(25-30-24-18)23-15-10-9-14(21(2,3)4)16(17(15)27)20(28)26(5)6;1-4(2)3;2*1-2/h7-8,10,14,27H,9,11H2,1-6H3,(H,22,24)(H,23,25);4H,1-3H3;1-2H3;1-2H. The molecule has 1 unspecified atom stereocenters. The zero-order valence-electron chi connectivity index (χ0n) is 25.0. The highest BCUT2D eigenvalue weighted by Crippen LogP contribution is 2.41. The molecule has 0 aromatic carbocycles. The van der Waals surface area contributed by atoms with Crippen LogP contribution in [0.3, 0.4) is 0 Å². The first-order valence-electron chi connectivity index (χ1n) is 12.9. The molecule has 2 heterocycles. The van der Waals surface area contributed by atoms with Crippen molar-refractivity contribution in [2.75, 3.05) is 24.7 Å². The Bertz CT molecular complexity index is 1070. The second-order valence-corrected chi connectivity index (χ2v) is 10.9. The fourth-order valence-corrected chi connectivity index (χ4v) is 3.90. The topological polar surface area (TPSA) is 104 Å². The molecule has 0 fully saturated rings. The molecule has 9 heteroatoms. The van der Waals surface area contributed by atoms with Crippen LogP contribution in [-0.2, 0) is 11.3 Å². The Balaban J connectivity index is 0.00000153. The Morgan fingerprint density at radius 3 is 2.21 bits per heavy atom. The van der Waals surface area contributed by atoms with Gasteiger partial charge < -0.3 is 25.1 Å². The van der Waals surface area contributed by atoms with Crippen molar-refractivity contribution in [3.05, 3.63) is 46.8 Å². The van der Waals surface area contributed by atoms with Crippen molar-refractivity contribution in [3.63, 3.8) is 0 Å². The van der Waals surface area contributed by atoms with E-state index in [1.54, 1.807) is 14.1 Å². The second-order valence-electron chi connectivity index (χ2n) is 10.4. The number of aromatic nitrogens is 2. The first-order valence-corrected chi connectivity index (χ1v) is 13.6. The predicted octanol–water partition coefficient (Wildman–Crippen LogP) is 7.25. The molecule has 1 atom stereocenters. The van der Waals surface area contributed by atoms with Gasteiger partial charge in [0.1, 0.15) is 17.3 Å². The third-order valence-corrected chi connectivity index (χ3v) is 5.59. The molecular formula is C29H47N5O3S. The number of likely N-dealkylation sites (N-methyl/N-ethyl adjacent to an activating group) is 1. The smallest absolute Gasteiger partial charge is 0.253 e. The monoisotopic (exact) mass is 545 g/mol. The highest BCUT2D eigenvalue weighted by Gasteiger charge is 2.37. The molecule has 1 amide bonds. The van der Waals surface area contributed by atoms with Gasteiger partial charge in [-0.2, -0.15) is 8.75 Å². The van der Waals surface area contributed by atoms with Crippen molar-refractivity contribution in [1.82, 2.24) is 13.6 Å². The molecule has 0 saturated carbocycles. The highest BCUT2D eigenvalue weighted by molar-refractivity contribution is 6.99.